The van der Waals surface area contributed by atoms with Crippen molar-refractivity contribution in [3.63, 3.8) is 0 Å². The van der Waals surface area contributed by atoms with Crippen molar-refractivity contribution < 1.29 is 19.0 Å². The highest BCUT2D eigenvalue weighted by atomic mass is 16.5. The molecule has 0 spiro atoms. The molecular weight excluding hydrogens is 378 g/mol. The van der Waals surface area contributed by atoms with E-state index in [1.165, 1.54) is 6.08 Å². The molecule has 0 saturated carbocycles. The number of nitrogens with zero attached hydrogens (tertiary/aromatic N) is 1. The first-order valence-corrected chi connectivity index (χ1v) is 9.29. The normalized spacial score (nSPS) is 10.4. The van der Waals surface area contributed by atoms with Crippen LogP contribution >= 0.6 is 0 Å². The highest BCUT2D eigenvalue weighted by Gasteiger charge is 2.06. The summed E-state index contributed by atoms with van der Waals surface area (Å²) >= 11 is 0. The van der Waals surface area contributed by atoms with E-state index >= 15 is 0 Å². The van der Waals surface area contributed by atoms with Crippen LogP contribution in [0.25, 0.3) is 6.08 Å². The van der Waals surface area contributed by atoms with Gasteiger partial charge < -0.3 is 14.2 Å². The van der Waals surface area contributed by atoms with Crippen molar-refractivity contribution in [1.82, 2.24) is 0 Å². The van der Waals surface area contributed by atoms with E-state index in [1.54, 1.807) is 68.8 Å². The van der Waals surface area contributed by atoms with Crippen LogP contribution in [0.1, 0.15) is 27.0 Å². The van der Waals surface area contributed by atoms with E-state index in [-0.39, 0.29) is 5.78 Å². The molecule has 0 amide bonds. The van der Waals surface area contributed by atoms with Crippen LogP contribution in [-0.4, -0.2) is 20.0 Å². The van der Waals surface area contributed by atoms with Crippen molar-refractivity contribution in [3.05, 3.63) is 95.1 Å². The molecule has 3 aromatic rings. The number of rotatable bonds is 8. The van der Waals surface area contributed by atoms with Crippen LogP contribution in [0.3, 0.4) is 0 Å². The van der Waals surface area contributed by atoms with Crippen molar-refractivity contribution in [2.24, 2.45) is 0 Å². The molecule has 5 nitrogen and oxygen atoms in total. The van der Waals surface area contributed by atoms with Crippen molar-refractivity contribution in [2.45, 2.75) is 6.61 Å². The Balaban J connectivity index is 1.71. The third-order valence-corrected chi connectivity index (χ3v) is 4.48. The second kappa shape index (κ2) is 9.94. The number of methoxy groups -OCH3 is 2. The van der Waals surface area contributed by atoms with E-state index in [9.17, 15) is 4.79 Å². The largest absolute Gasteiger partial charge is 0.497 e. The maximum atomic E-state index is 12.4. The summed E-state index contributed by atoms with van der Waals surface area (Å²) in [6.45, 7) is 0.295. The summed E-state index contributed by atoms with van der Waals surface area (Å²) in [5.41, 5.74) is 2.87. The lowest BCUT2D eigenvalue weighted by Gasteiger charge is -2.11. The summed E-state index contributed by atoms with van der Waals surface area (Å²) in [5, 5.41) is 8.88. The van der Waals surface area contributed by atoms with E-state index in [0.29, 0.717) is 35.0 Å². The lowest BCUT2D eigenvalue weighted by Crippen LogP contribution is -1.99. The number of hydrogen-bond donors (Lipinski definition) is 0. The molecule has 0 bridgehead atoms. The van der Waals surface area contributed by atoms with Gasteiger partial charge in [-0.1, -0.05) is 12.1 Å². The molecule has 0 saturated heterocycles. The minimum absolute atomic E-state index is 0.0937. The predicted octanol–water partition coefficient (Wildman–Crippen LogP) is 5.05. The van der Waals surface area contributed by atoms with Crippen LogP contribution in [0.4, 0.5) is 0 Å². The van der Waals surface area contributed by atoms with Crippen LogP contribution in [0, 0.1) is 11.3 Å². The van der Waals surface area contributed by atoms with Gasteiger partial charge in [-0.05, 0) is 72.3 Å². The molecule has 0 aliphatic carbocycles. The fourth-order valence-electron chi connectivity index (χ4n) is 2.83. The first-order valence-electron chi connectivity index (χ1n) is 9.29. The van der Waals surface area contributed by atoms with E-state index in [4.69, 9.17) is 19.5 Å². The van der Waals surface area contributed by atoms with Gasteiger partial charge in [0.2, 0.25) is 0 Å². The number of ketones is 1. The Morgan fingerprint density at radius 1 is 0.933 bits per heavy atom. The quantitative estimate of drug-likeness (QED) is 0.392. The summed E-state index contributed by atoms with van der Waals surface area (Å²) in [7, 11) is 3.19. The molecule has 0 atom stereocenters. The van der Waals surface area contributed by atoms with Gasteiger partial charge in [0.05, 0.1) is 25.9 Å². The first kappa shape index (κ1) is 20.7. The van der Waals surface area contributed by atoms with Gasteiger partial charge in [0.15, 0.2) is 5.78 Å². The number of ether oxygens (including phenoxy) is 3. The van der Waals surface area contributed by atoms with Crippen LogP contribution in [-0.2, 0) is 6.61 Å². The van der Waals surface area contributed by atoms with E-state index in [1.807, 2.05) is 18.2 Å². The molecule has 0 aliphatic rings. The zero-order valence-corrected chi connectivity index (χ0v) is 16.8. The third-order valence-electron chi connectivity index (χ3n) is 4.48. The Labute approximate surface area is 175 Å². The molecule has 0 unspecified atom stereocenters. The topological polar surface area (TPSA) is 68.6 Å². The molecule has 30 heavy (non-hydrogen) atoms. The van der Waals surface area contributed by atoms with Crippen LogP contribution in [0.15, 0.2) is 72.8 Å². The van der Waals surface area contributed by atoms with Crippen LogP contribution < -0.4 is 14.2 Å². The molecule has 0 aliphatic heterocycles. The Morgan fingerprint density at radius 3 is 2.27 bits per heavy atom. The zero-order chi connectivity index (χ0) is 21.3. The number of nitriles is 1. The molecule has 150 valence electrons. The van der Waals surface area contributed by atoms with Gasteiger partial charge in [-0.15, -0.1) is 0 Å². The second-order valence-corrected chi connectivity index (χ2v) is 6.42. The molecule has 0 heterocycles. The molecule has 3 rings (SSSR count). The highest BCUT2D eigenvalue weighted by molar-refractivity contribution is 6.06. The standard InChI is InChI=1S/C25H21NO4/c1-28-22-11-7-20(8-12-22)24(27)13-5-18-6-14-25(29-2)21(15-18)17-30-23-9-3-19(16-26)4-10-23/h3-15H,17H2,1-2H3/b13-5+. The maximum Gasteiger partial charge on any atom is 0.185 e. The Hall–Kier alpha value is -4.04. The van der Waals surface area contributed by atoms with Crippen LogP contribution in [0.2, 0.25) is 0 Å². The lowest BCUT2D eigenvalue weighted by atomic mass is 10.1. The molecular formula is C25H21NO4. The summed E-state index contributed by atoms with van der Waals surface area (Å²) in [5.74, 6) is 1.97. The monoisotopic (exact) mass is 399 g/mol. The fraction of sp³-hybridized carbons (Fsp3) is 0.120. The van der Waals surface area contributed by atoms with Crippen molar-refractivity contribution >= 4 is 11.9 Å². The maximum absolute atomic E-state index is 12.4. The number of allylic oxidation sites excluding steroid dienone is 1. The number of benzene rings is 3. The van der Waals surface area contributed by atoms with Crippen molar-refractivity contribution in [2.75, 3.05) is 14.2 Å². The van der Waals surface area contributed by atoms with Gasteiger partial charge in [-0.3, -0.25) is 4.79 Å². The van der Waals surface area contributed by atoms with Gasteiger partial charge in [0.25, 0.3) is 0 Å². The number of carbonyl (C=O) groups is 1. The SMILES string of the molecule is COc1ccc(C(=O)/C=C/c2ccc(OC)c(COc3ccc(C#N)cc3)c2)cc1. The van der Waals surface area contributed by atoms with Gasteiger partial charge in [0, 0.05) is 11.1 Å². The van der Waals surface area contributed by atoms with E-state index < -0.39 is 0 Å². The molecule has 0 radical (unpaired) electrons. The first-order chi connectivity index (χ1) is 14.6. The Bertz CT molecular complexity index is 1080. The molecule has 0 fully saturated rings. The van der Waals surface area contributed by atoms with Gasteiger partial charge in [0.1, 0.15) is 23.9 Å². The van der Waals surface area contributed by atoms with E-state index in [0.717, 1.165) is 11.1 Å². The minimum atomic E-state index is -0.0937. The second-order valence-electron chi connectivity index (χ2n) is 6.42. The Morgan fingerprint density at radius 2 is 1.63 bits per heavy atom. The Kier molecular flexibility index (Phi) is 6.86. The van der Waals surface area contributed by atoms with Crippen molar-refractivity contribution in [3.8, 4) is 23.3 Å². The number of carbonyl (C=O) groups excluding carboxylic acids is 1. The fourth-order valence-corrected chi connectivity index (χ4v) is 2.83. The van der Waals surface area contributed by atoms with E-state index in [2.05, 4.69) is 6.07 Å². The summed E-state index contributed by atoms with van der Waals surface area (Å²) in [4.78, 5) is 12.4. The smallest absolute Gasteiger partial charge is 0.185 e. The lowest BCUT2D eigenvalue weighted by molar-refractivity contribution is 0.104. The molecule has 3 aromatic carbocycles. The van der Waals surface area contributed by atoms with Gasteiger partial charge in [-0.25, -0.2) is 0 Å². The van der Waals surface area contributed by atoms with Crippen molar-refractivity contribution in [1.29, 1.82) is 5.26 Å². The minimum Gasteiger partial charge on any atom is -0.497 e. The molecule has 5 heteroatoms. The summed E-state index contributed by atoms with van der Waals surface area (Å²) in [6.07, 6.45) is 3.30. The van der Waals surface area contributed by atoms with Crippen LogP contribution in [0.5, 0.6) is 17.2 Å². The molecule has 0 N–H and O–H groups in total. The van der Waals surface area contributed by atoms with Gasteiger partial charge >= 0.3 is 0 Å². The predicted molar refractivity (Wildman–Crippen MR) is 115 cm³/mol. The summed E-state index contributed by atoms with van der Waals surface area (Å²) in [6, 6.07) is 21.6. The average molecular weight is 399 g/mol. The third kappa shape index (κ3) is 5.27. The number of hydrogen-bond acceptors (Lipinski definition) is 5. The van der Waals surface area contributed by atoms with Gasteiger partial charge in [-0.2, -0.15) is 5.26 Å². The zero-order valence-electron chi connectivity index (χ0n) is 16.8. The highest BCUT2D eigenvalue weighted by Crippen LogP contribution is 2.23. The average Bonchev–Trinajstić information content (AvgIpc) is 2.81. The molecule has 0 aromatic heterocycles. The summed E-state index contributed by atoms with van der Waals surface area (Å²) < 4.78 is 16.3.